The van der Waals surface area contributed by atoms with Gasteiger partial charge in [-0.25, -0.2) is 4.79 Å². The van der Waals surface area contributed by atoms with Crippen LogP contribution in [0.5, 0.6) is 0 Å². The second kappa shape index (κ2) is 2.28. The van der Waals surface area contributed by atoms with E-state index in [1.807, 2.05) is 0 Å². The lowest BCUT2D eigenvalue weighted by Crippen LogP contribution is -2.66. The number of urea groups is 1. The fourth-order valence-electron chi connectivity index (χ4n) is 0.660. The maximum atomic E-state index is 10.6. The molecule has 1 unspecified atom stereocenters. The Morgan fingerprint density at radius 2 is 2.50 bits per heavy atom. The maximum Gasteiger partial charge on any atom is 0.321 e. The Labute approximate surface area is 58.7 Å². The molecular weight excluding hydrogens is 132 g/mol. The predicted molar refractivity (Wildman–Crippen MR) is 36.8 cm³/mol. The fourth-order valence-corrected chi connectivity index (χ4v) is 0.660. The molecule has 5 heteroatoms. The van der Waals surface area contributed by atoms with Gasteiger partial charge in [0.15, 0.2) is 5.79 Å². The van der Waals surface area contributed by atoms with E-state index in [1.165, 1.54) is 6.20 Å². The molecule has 0 saturated carbocycles. The number of nitrogens with one attached hydrogen (secondary N) is 3. The van der Waals surface area contributed by atoms with Gasteiger partial charge in [0.05, 0.1) is 0 Å². The standard InChI is InChI=1S/C5H10N4O/c1-7-5(6)2-3-8-4(10)9-5/h2-3,7H,6H2,1H3,(H2,8,9,10). The zero-order valence-corrected chi connectivity index (χ0v) is 5.64. The van der Waals surface area contributed by atoms with E-state index in [-0.39, 0.29) is 6.03 Å². The van der Waals surface area contributed by atoms with Crippen LogP contribution in [-0.2, 0) is 0 Å². The van der Waals surface area contributed by atoms with Gasteiger partial charge in [-0.3, -0.25) is 11.1 Å². The minimum absolute atomic E-state index is 0.306. The molecule has 0 aromatic rings. The molecule has 5 nitrogen and oxygen atoms in total. The lowest BCUT2D eigenvalue weighted by Gasteiger charge is -2.29. The van der Waals surface area contributed by atoms with E-state index in [0.717, 1.165) is 0 Å². The van der Waals surface area contributed by atoms with Gasteiger partial charge in [0.25, 0.3) is 0 Å². The van der Waals surface area contributed by atoms with Crippen molar-refractivity contribution in [1.29, 1.82) is 0 Å². The van der Waals surface area contributed by atoms with Crippen LogP contribution in [-0.4, -0.2) is 18.9 Å². The summed E-state index contributed by atoms with van der Waals surface area (Å²) in [4.78, 5) is 10.6. The zero-order chi connectivity index (χ0) is 7.61. The van der Waals surface area contributed by atoms with Crippen LogP contribution in [0.2, 0.25) is 0 Å². The van der Waals surface area contributed by atoms with Crippen LogP contribution >= 0.6 is 0 Å². The molecule has 1 heterocycles. The molecule has 0 aromatic carbocycles. The number of likely N-dealkylation sites (N-methyl/N-ethyl adjacent to an activating group) is 1. The third kappa shape index (κ3) is 1.26. The van der Waals surface area contributed by atoms with Crippen LogP contribution in [0.1, 0.15) is 0 Å². The summed E-state index contributed by atoms with van der Waals surface area (Å²) in [6.45, 7) is 0. The van der Waals surface area contributed by atoms with Gasteiger partial charge >= 0.3 is 6.03 Å². The average Bonchev–Trinajstić information content (AvgIpc) is 1.88. The highest BCUT2D eigenvalue weighted by atomic mass is 16.2. The fraction of sp³-hybridized carbons (Fsp3) is 0.400. The second-order valence-corrected chi connectivity index (χ2v) is 2.05. The van der Waals surface area contributed by atoms with Crippen molar-refractivity contribution in [3.8, 4) is 0 Å². The maximum absolute atomic E-state index is 10.6. The quantitative estimate of drug-likeness (QED) is 0.342. The molecule has 1 aliphatic heterocycles. The Balaban J connectivity index is 2.71. The number of carbonyl (C=O) groups is 1. The Morgan fingerprint density at radius 1 is 1.80 bits per heavy atom. The molecule has 0 aliphatic carbocycles. The number of rotatable bonds is 1. The van der Waals surface area contributed by atoms with Crippen LogP contribution in [0.25, 0.3) is 0 Å². The van der Waals surface area contributed by atoms with Gasteiger partial charge in [0.1, 0.15) is 0 Å². The third-order valence-electron chi connectivity index (χ3n) is 1.29. The van der Waals surface area contributed by atoms with E-state index in [0.29, 0.717) is 0 Å². The van der Waals surface area contributed by atoms with Crippen LogP contribution in [0, 0.1) is 0 Å². The van der Waals surface area contributed by atoms with Crippen molar-refractivity contribution < 1.29 is 4.79 Å². The van der Waals surface area contributed by atoms with Crippen LogP contribution < -0.4 is 21.7 Å². The van der Waals surface area contributed by atoms with Crippen LogP contribution in [0.4, 0.5) is 4.79 Å². The summed E-state index contributed by atoms with van der Waals surface area (Å²) in [7, 11) is 1.66. The number of amides is 2. The topological polar surface area (TPSA) is 79.2 Å². The summed E-state index contributed by atoms with van der Waals surface area (Å²) in [6, 6.07) is -0.306. The molecule has 2 amide bonds. The summed E-state index contributed by atoms with van der Waals surface area (Å²) in [5, 5.41) is 7.62. The molecule has 0 fully saturated rings. The third-order valence-corrected chi connectivity index (χ3v) is 1.29. The first-order valence-electron chi connectivity index (χ1n) is 2.90. The van der Waals surface area contributed by atoms with E-state index >= 15 is 0 Å². The summed E-state index contributed by atoms with van der Waals surface area (Å²) in [6.07, 6.45) is 3.11. The first-order chi connectivity index (χ1) is 4.66. The van der Waals surface area contributed by atoms with Crippen molar-refractivity contribution >= 4 is 6.03 Å². The Hall–Kier alpha value is -1.07. The molecule has 56 valence electrons. The molecule has 1 aliphatic rings. The molecule has 1 rings (SSSR count). The largest absolute Gasteiger partial charge is 0.321 e. The molecule has 0 saturated heterocycles. The number of hydrogen-bond acceptors (Lipinski definition) is 3. The van der Waals surface area contributed by atoms with Crippen molar-refractivity contribution in [2.45, 2.75) is 5.79 Å². The van der Waals surface area contributed by atoms with E-state index in [9.17, 15) is 4.79 Å². The number of nitrogens with two attached hydrogens (primary N) is 1. The summed E-state index contributed by atoms with van der Waals surface area (Å²) in [5.41, 5.74) is 5.58. The first-order valence-corrected chi connectivity index (χ1v) is 2.90. The molecule has 1 atom stereocenters. The van der Waals surface area contributed by atoms with Crippen molar-refractivity contribution in [1.82, 2.24) is 16.0 Å². The highest BCUT2D eigenvalue weighted by Crippen LogP contribution is 1.94. The van der Waals surface area contributed by atoms with E-state index in [4.69, 9.17) is 5.73 Å². The predicted octanol–water partition coefficient (Wildman–Crippen LogP) is -1.36. The van der Waals surface area contributed by atoms with Gasteiger partial charge in [-0.05, 0) is 13.1 Å². The average molecular weight is 142 g/mol. The Morgan fingerprint density at radius 3 is 2.90 bits per heavy atom. The van der Waals surface area contributed by atoms with E-state index < -0.39 is 5.79 Å². The molecule has 0 bridgehead atoms. The first kappa shape index (κ1) is 7.04. The Kier molecular flexibility index (Phi) is 1.60. The smallest absolute Gasteiger partial charge is 0.315 e. The van der Waals surface area contributed by atoms with Crippen molar-refractivity contribution in [3.05, 3.63) is 12.3 Å². The molecule has 0 spiro atoms. The van der Waals surface area contributed by atoms with Crippen LogP contribution in [0.3, 0.4) is 0 Å². The van der Waals surface area contributed by atoms with Crippen molar-refractivity contribution in [2.24, 2.45) is 5.73 Å². The minimum Gasteiger partial charge on any atom is -0.315 e. The lowest BCUT2D eigenvalue weighted by atomic mass is 10.3. The van der Waals surface area contributed by atoms with Gasteiger partial charge in [0.2, 0.25) is 0 Å². The van der Waals surface area contributed by atoms with E-state index in [2.05, 4.69) is 16.0 Å². The minimum atomic E-state index is -0.900. The molecule has 0 aromatic heterocycles. The summed E-state index contributed by atoms with van der Waals surface area (Å²) >= 11 is 0. The number of carbonyl (C=O) groups excluding carboxylic acids is 1. The highest BCUT2D eigenvalue weighted by molar-refractivity contribution is 5.77. The van der Waals surface area contributed by atoms with Crippen molar-refractivity contribution in [2.75, 3.05) is 7.05 Å². The summed E-state index contributed by atoms with van der Waals surface area (Å²) < 4.78 is 0. The molecular formula is C5H10N4O. The molecule has 0 radical (unpaired) electrons. The molecule has 5 N–H and O–H groups in total. The second-order valence-electron chi connectivity index (χ2n) is 2.05. The van der Waals surface area contributed by atoms with Crippen molar-refractivity contribution in [3.63, 3.8) is 0 Å². The lowest BCUT2D eigenvalue weighted by molar-refractivity contribution is 0.227. The van der Waals surface area contributed by atoms with Gasteiger partial charge in [-0.2, -0.15) is 0 Å². The zero-order valence-electron chi connectivity index (χ0n) is 5.64. The normalized spacial score (nSPS) is 31.2. The van der Waals surface area contributed by atoms with Gasteiger partial charge < -0.3 is 10.6 Å². The molecule has 10 heavy (non-hydrogen) atoms. The number of hydrogen-bond donors (Lipinski definition) is 4. The van der Waals surface area contributed by atoms with Gasteiger partial charge in [-0.15, -0.1) is 0 Å². The van der Waals surface area contributed by atoms with E-state index in [1.54, 1.807) is 13.1 Å². The summed E-state index contributed by atoms with van der Waals surface area (Å²) in [5.74, 6) is -0.900. The highest BCUT2D eigenvalue weighted by Gasteiger charge is 2.23. The SMILES string of the molecule is CNC1(N)C=CNC(=O)N1. The van der Waals surface area contributed by atoms with Gasteiger partial charge in [-0.1, -0.05) is 0 Å². The van der Waals surface area contributed by atoms with Gasteiger partial charge in [0, 0.05) is 6.20 Å². The Bertz CT molecular complexity index is 178. The monoisotopic (exact) mass is 142 g/mol. The van der Waals surface area contributed by atoms with Crippen LogP contribution in [0.15, 0.2) is 12.3 Å².